The van der Waals surface area contributed by atoms with Crippen molar-refractivity contribution in [3.63, 3.8) is 0 Å². The molecule has 0 unspecified atom stereocenters. The zero-order chi connectivity index (χ0) is 20.1. The molecule has 0 saturated carbocycles. The minimum Gasteiger partial charge on any atom is -0.410 e. The van der Waals surface area contributed by atoms with Gasteiger partial charge in [-0.3, -0.25) is 9.78 Å². The number of amides is 1. The van der Waals surface area contributed by atoms with E-state index in [1.807, 2.05) is 30.3 Å². The average molecular weight is 430 g/mol. The third-order valence-corrected chi connectivity index (χ3v) is 5.67. The van der Waals surface area contributed by atoms with Crippen molar-refractivity contribution in [3.05, 3.63) is 47.6 Å². The second-order valence-electron chi connectivity index (χ2n) is 6.61. The molecule has 3 aromatic rings. The molecule has 1 fully saturated rings. The topological polar surface area (TPSA) is 84.1 Å². The molecule has 150 valence electrons. The highest BCUT2D eigenvalue weighted by molar-refractivity contribution is 7.99. The number of piperidine rings is 1. The Kier molecular flexibility index (Phi) is 6.31. The highest BCUT2D eigenvalue weighted by Crippen LogP contribution is 2.35. The van der Waals surface area contributed by atoms with Crippen LogP contribution in [0.25, 0.3) is 11.6 Å². The molecular weight excluding hydrogens is 410 g/mol. The van der Waals surface area contributed by atoms with Crippen LogP contribution in [0.15, 0.2) is 52.2 Å². The van der Waals surface area contributed by atoms with Crippen molar-refractivity contribution in [2.45, 2.75) is 24.5 Å². The van der Waals surface area contributed by atoms with Crippen LogP contribution in [0.4, 0.5) is 11.4 Å². The minimum absolute atomic E-state index is 0.149. The third kappa shape index (κ3) is 4.89. The van der Waals surface area contributed by atoms with Crippen LogP contribution in [0, 0.1) is 0 Å². The van der Waals surface area contributed by atoms with E-state index in [0.717, 1.165) is 37.3 Å². The van der Waals surface area contributed by atoms with Gasteiger partial charge >= 0.3 is 0 Å². The second-order valence-corrected chi connectivity index (χ2v) is 7.94. The SMILES string of the molecule is O=C(CSc1nnc(-c2ccccn2)o1)Nc1cccc(Cl)c1N1CCCCC1. The van der Waals surface area contributed by atoms with E-state index < -0.39 is 0 Å². The summed E-state index contributed by atoms with van der Waals surface area (Å²) < 4.78 is 5.58. The fraction of sp³-hybridized carbons (Fsp3) is 0.300. The van der Waals surface area contributed by atoms with E-state index in [0.29, 0.717) is 21.8 Å². The van der Waals surface area contributed by atoms with E-state index in [4.69, 9.17) is 16.0 Å². The van der Waals surface area contributed by atoms with Gasteiger partial charge in [0, 0.05) is 19.3 Å². The van der Waals surface area contributed by atoms with E-state index in [2.05, 4.69) is 25.4 Å². The number of hydrogen-bond donors (Lipinski definition) is 1. The Labute approximate surface area is 177 Å². The molecule has 9 heteroatoms. The maximum Gasteiger partial charge on any atom is 0.277 e. The van der Waals surface area contributed by atoms with Crippen molar-refractivity contribution in [1.82, 2.24) is 15.2 Å². The van der Waals surface area contributed by atoms with Crippen LogP contribution in [0.5, 0.6) is 0 Å². The van der Waals surface area contributed by atoms with Gasteiger partial charge in [0.25, 0.3) is 11.1 Å². The normalized spacial score (nSPS) is 14.0. The number of benzene rings is 1. The van der Waals surface area contributed by atoms with Crippen molar-refractivity contribution >= 4 is 40.6 Å². The summed E-state index contributed by atoms with van der Waals surface area (Å²) in [7, 11) is 0. The number of carbonyl (C=O) groups is 1. The Balaban J connectivity index is 1.39. The zero-order valence-corrected chi connectivity index (χ0v) is 17.2. The van der Waals surface area contributed by atoms with Crippen LogP contribution >= 0.6 is 23.4 Å². The quantitative estimate of drug-likeness (QED) is 0.577. The molecule has 1 amide bonds. The molecule has 0 radical (unpaired) electrons. The Bertz CT molecular complexity index is 976. The first-order valence-corrected chi connectivity index (χ1v) is 10.8. The Morgan fingerprint density at radius 3 is 2.79 bits per heavy atom. The van der Waals surface area contributed by atoms with Crippen molar-refractivity contribution < 1.29 is 9.21 Å². The Morgan fingerprint density at radius 2 is 2.00 bits per heavy atom. The van der Waals surface area contributed by atoms with Gasteiger partial charge in [-0.15, -0.1) is 10.2 Å². The highest BCUT2D eigenvalue weighted by atomic mass is 35.5. The number of thioether (sulfide) groups is 1. The van der Waals surface area contributed by atoms with Gasteiger partial charge in [0.05, 0.1) is 22.2 Å². The van der Waals surface area contributed by atoms with Crippen molar-refractivity contribution in [3.8, 4) is 11.6 Å². The van der Waals surface area contributed by atoms with Crippen LogP contribution < -0.4 is 10.2 Å². The molecule has 1 aliphatic heterocycles. The lowest BCUT2D eigenvalue weighted by Crippen LogP contribution is -2.30. The number of nitrogens with one attached hydrogen (secondary N) is 1. The number of aromatic nitrogens is 3. The number of rotatable bonds is 6. The van der Waals surface area contributed by atoms with Gasteiger partial charge in [-0.1, -0.05) is 35.5 Å². The second kappa shape index (κ2) is 9.28. The van der Waals surface area contributed by atoms with E-state index in [1.165, 1.54) is 18.2 Å². The minimum atomic E-state index is -0.159. The zero-order valence-electron chi connectivity index (χ0n) is 15.7. The van der Waals surface area contributed by atoms with Gasteiger partial charge in [-0.25, -0.2) is 0 Å². The number of carbonyl (C=O) groups excluding carboxylic acids is 1. The van der Waals surface area contributed by atoms with Crippen LogP contribution in [0.1, 0.15) is 19.3 Å². The van der Waals surface area contributed by atoms with Crippen LogP contribution in [0.2, 0.25) is 5.02 Å². The summed E-state index contributed by atoms with van der Waals surface area (Å²) in [6.07, 6.45) is 5.14. The van der Waals surface area contributed by atoms with E-state index in [-0.39, 0.29) is 11.7 Å². The molecule has 2 aromatic heterocycles. The van der Waals surface area contributed by atoms with Gasteiger partial charge in [0.15, 0.2) is 0 Å². The first kappa shape index (κ1) is 19.7. The highest BCUT2D eigenvalue weighted by Gasteiger charge is 2.19. The lowest BCUT2D eigenvalue weighted by atomic mass is 10.1. The van der Waals surface area contributed by atoms with Gasteiger partial charge in [0.2, 0.25) is 5.91 Å². The molecule has 7 nitrogen and oxygen atoms in total. The fourth-order valence-corrected chi connectivity index (χ4v) is 4.09. The summed E-state index contributed by atoms with van der Waals surface area (Å²) in [5, 5.41) is 11.9. The van der Waals surface area contributed by atoms with E-state index in [9.17, 15) is 4.79 Å². The van der Waals surface area contributed by atoms with Crippen LogP contribution in [-0.4, -0.2) is 39.9 Å². The first-order valence-electron chi connectivity index (χ1n) is 9.42. The van der Waals surface area contributed by atoms with Gasteiger partial charge in [0.1, 0.15) is 5.69 Å². The molecule has 1 aliphatic rings. The smallest absolute Gasteiger partial charge is 0.277 e. The predicted molar refractivity (Wildman–Crippen MR) is 114 cm³/mol. The fourth-order valence-electron chi connectivity index (χ4n) is 3.23. The maximum atomic E-state index is 12.5. The summed E-state index contributed by atoms with van der Waals surface area (Å²) in [5.41, 5.74) is 2.22. The lowest BCUT2D eigenvalue weighted by Gasteiger charge is -2.31. The Hall–Kier alpha value is -2.58. The molecule has 1 saturated heterocycles. The lowest BCUT2D eigenvalue weighted by molar-refractivity contribution is -0.113. The van der Waals surface area contributed by atoms with Crippen LogP contribution in [0.3, 0.4) is 0 Å². The molecule has 0 spiro atoms. The maximum absolute atomic E-state index is 12.5. The number of halogens is 1. The summed E-state index contributed by atoms with van der Waals surface area (Å²) in [4.78, 5) is 18.9. The molecule has 1 N–H and O–H groups in total. The molecule has 0 aliphatic carbocycles. The van der Waals surface area contributed by atoms with Crippen molar-refractivity contribution in [2.24, 2.45) is 0 Å². The van der Waals surface area contributed by atoms with Gasteiger partial charge < -0.3 is 14.6 Å². The monoisotopic (exact) mass is 429 g/mol. The molecule has 0 bridgehead atoms. The molecule has 3 heterocycles. The number of hydrogen-bond acceptors (Lipinski definition) is 7. The number of pyridine rings is 1. The number of anilines is 2. The summed E-state index contributed by atoms with van der Waals surface area (Å²) in [6.45, 7) is 1.89. The number of nitrogens with zero attached hydrogens (tertiary/aromatic N) is 4. The third-order valence-electron chi connectivity index (χ3n) is 4.55. The van der Waals surface area contributed by atoms with E-state index in [1.54, 1.807) is 12.3 Å². The van der Waals surface area contributed by atoms with Gasteiger partial charge in [-0.2, -0.15) is 0 Å². The molecule has 1 aromatic carbocycles. The van der Waals surface area contributed by atoms with Crippen LogP contribution in [-0.2, 0) is 4.79 Å². The molecular formula is C20H20ClN5O2S. The van der Waals surface area contributed by atoms with Crippen molar-refractivity contribution in [1.29, 1.82) is 0 Å². The Morgan fingerprint density at radius 1 is 1.14 bits per heavy atom. The summed E-state index contributed by atoms with van der Waals surface area (Å²) in [5.74, 6) is 0.319. The average Bonchev–Trinajstić information content (AvgIpc) is 3.23. The number of para-hydroxylation sites is 1. The summed E-state index contributed by atoms with van der Waals surface area (Å²) in [6, 6.07) is 11.0. The first-order chi connectivity index (χ1) is 14.2. The van der Waals surface area contributed by atoms with E-state index >= 15 is 0 Å². The predicted octanol–water partition coefficient (Wildman–Crippen LogP) is 4.51. The van der Waals surface area contributed by atoms with Gasteiger partial charge in [-0.05, 0) is 43.5 Å². The van der Waals surface area contributed by atoms with Crippen molar-refractivity contribution in [2.75, 3.05) is 29.1 Å². The standard InChI is InChI=1S/C20H20ClN5O2S/c21-14-7-6-9-15(18(14)26-11-4-1-5-12-26)23-17(27)13-29-20-25-24-19(28-20)16-8-2-3-10-22-16/h2-3,6-10H,1,4-5,11-13H2,(H,23,27). The largest absolute Gasteiger partial charge is 0.410 e. The summed E-state index contributed by atoms with van der Waals surface area (Å²) >= 11 is 7.62. The molecule has 29 heavy (non-hydrogen) atoms. The molecule has 0 atom stereocenters. The molecule has 4 rings (SSSR count).